The van der Waals surface area contributed by atoms with E-state index in [4.69, 9.17) is 0 Å². The summed E-state index contributed by atoms with van der Waals surface area (Å²) in [7, 11) is 0. The molecule has 0 aromatic heterocycles. The van der Waals surface area contributed by atoms with Gasteiger partial charge < -0.3 is 20.4 Å². The van der Waals surface area contributed by atoms with Gasteiger partial charge in [-0.3, -0.25) is 0 Å². The van der Waals surface area contributed by atoms with Gasteiger partial charge in [0, 0.05) is 31.9 Å². The fourth-order valence-corrected chi connectivity index (χ4v) is 3.96. The highest BCUT2D eigenvalue weighted by Gasteiger charge is 2.22. The van der Waals surface area contributed by atoms with Crippen LogP contribution in [0, 0.1) is 11.8 Å². The number of amides is 2. The van der Waals surface area contributed by atoms with E-state index in [2.05, 4.69) is 57.7 Å². The lowest BCUT2D eigenvalue weighted by Gasteiger charge is -2.30. The van der Waals surface area contributed by atoms with Gasteiger partial charge >= 0.3 is 6.03 Å². The molecule has 2 amide bonds. The van der Waals surface area contributed by atoms with Crippen molar-refractivity contribution < 1.29 is 4.79 Å². The second kappa shape index (κ2) is 9.81. The highest BCUT2D eigenvalue weighted by atomic mass is 16.2. The molecule has 2 aliphatic heterocycles. The van der Waals surface area contributed by atoms with Gasteiger partial charge in [-0.25, -0.2) is 4.79 Å². The van der Waals surface area contributed by atoms with Gasteiger partial charge in [-0.05, 0) is 69.3 Å². The van der Waals surface area contributed by atoms with Crippen molar-refractivity contribution in [2.75, 3.05) is 50.7 Å². The van der Waals surface area contributed by atoms with Crippen LogP contribution in [0.2, 0.25) is 0 Å². The lowest BCUT2D eigenvalue weighted by Crippen LogP contribution is -2.40. The van der Waals surface area contributed by atoms with E-state index in [-0.39, 0.29) is 6.03 Å². The lowest BCUT2D eigenvalue weighted by atomic mass is 9.99. The molecule has 0 bridgehead atoms. The Morgan fingerprint density at radius 1 is 1.08 bits per heavy atom. The molecule has 1 atom stereocenters. The van der Waals surface area contributed by atoms with E-state index in [1.165, 1.54) is 31.6 Å². The molecule has 5 nitrogen and oxygen atoms in total. The van der Waals surface area contributed by atoms with E-state index < -0.39 is 0 Å². The van der Waals surface area contributed by atoms with E-state index in [1.807, 2.05) is 0 Å². The zero-order chi connectivity index (χ0) is 18.2. The number of urea groups is 1. The van der Waals surface area contributed by atoms with Gasteiger partial charge in [-0.2, -0.15) is 0 Å². The van der Waals surface area contributed by atoms with Crippen LogP contribution in [0.25, 0.3) is 0 Å². The minimum absolute atomic E-state index is 0.0181. The van der Waals surface area contributed by atoms with Crippen LogP contribution in [0.3, 0.4) is 0 Å². The van der Waals surface area contributed by atoms with Crippen LogP contribution in [0.4, 0.5) is 10.5 Å². The summed E-state index contributed by atoms with van der Waals surface area (Å²) in [6.45, 7) is 9.50. The number of anilines is 1. The van der Waals surface area contributed by atoms with E-state index in [0.717, 1.165) is 51.5 Å². The summed E-state index contributed by atoms with van der Waals surface area (Å²) >= 11 is 0. The molecule has 0 saturated carbocycles. The minimum Gasteiger partial charge on any atom is -0.371 e. The summed E-state index contributed by atoms with van der Waals surface area (Å²) < 4.78 is 0. The molecule has 144 valence electrons. The molecule has 2 heterocycles. The molecule has 2 saturated heterocycles. The Kier molecular flexibility index (Phi) is 7.18. The topological polar surface area (TPSA) is 47.6 Å². The van der Waals surface area contributed by atoms with Crippen molar-refractivity contribution in [2.24, 2.45) is 11.8 Å². The monoisotopic (exact) mass is 358 g/mol. The standard InChI is InChI=1S/C21H34N4O/c1-18-8-13-24(14-9-18)12-5-11-22-21(26)23-16-19-10-15-25(17-19)20-6-3-2-4-7-20/h2-4,6-7,18-19H,5,8-17H2,1H3,(H2,22,23,26)/t19-/m1/s1. The first-order valence-electron chi connectivity index (χ1n) is 10.2. The number of rotatable bonds is 7. The fourth-order valence-electron chi connectivity index (χ4n) is 3.96. The zero-order valence-electron chi connectivity index (χ0n) is 16.1. The molecule has 0 unspecified atom stereocenters. The van der Waals surface area contributed by atoms with Gasteiger partial charge in [0.2, 0.25) is 0 Å². The number of carbonyl (C=O) groups is 1. The average molecular weight is 359 g/mol. The van der Waals surface area contributed by atoms with E-state index in [9.17, 15) is 4.79 Å². The molecule has 1 aromatic carbocycles. The number of carbonyl (C=O) groups excluding carboxylic acids is 1. The van der Waals surface area contributed by atoms with Gasteiger partial charge in [0.1, 0.15) is 0 Å². The van der Waals surface area contributed by atoms with Crippen LogP contribution in [0.15, 0.2) is 30.3 Å². The van der Waals surface area contributed by atoms with Crippen LogP contribution < -0.4 is 15.5 Å². The smallest absolute Gasteiger partial charge is 0.314 e. The van der Waals surface area contributed by atoms with Gasteiger partial charge in [-0.15, -0.1) is 0 Å². The minimum atomic E-state index is -0.0181. The largest absolute Gasteiger partial charge is 0.371 e. The quantitative estimate of drug-likeness (QED) is 0.737. The van der Waals surface area contributed by atoms with E-state index in [0.29, 0.717) is 5.92 Å². The molecule has 5 heteroatoms. The zero-order valence-corrected chi connectivity index (χ0v) is 16.1. The van der Waals surface area contributed by atoms with Crippen LogP contribution in [-0.4, -0.2) is 56.7 Å². The lowest BCUT2D eigenvalue weighted by molar-refractivity contribution is 0.190. The second-order valence-corrected chi connectivity index (χ2v) is 7.95. The maximum Gasteiger partial charge on any atom is 0.314 e. The third-order valence-electron chi connectivity index (χ3n) is 5.77. The van der Waals surface area contributed by atoms with Crippen molar-refractivity contribution in [3.8, 4) is 0 Å². The van der Waals surface area contributed by atoms with Gasteiger partial charge in [0.05, 0.1) is 0 Å². The highest BCUT2D eigenvalue weighted by Crippen LogP contribution is 2.22. The van der Waals surface area contributed by atoms with Crippen LogP contribution in [0.5, 0.6) is 0 Å². The maximum atomic E-state index is 12.0. The van der Waals surface area contributed by atoms with Crippen LogP contribution in [-0.2, 0) is 0 Å². The van der Waals surface area contributed by atoms with Crippen molar-refractivity contribution >= 4 is 11.7 Å². The molecule has 0 aliphatic carbocycles. The summed E-state index contributed by atoms with van der Waals surface area (Å²) in [6, 6.07) is 10.5. The van der Waals surface area contributed by atoms with Crippen molar-refractivity contribution in [1.82, 2.24) is 15.5 Å². The summed E-state index contributed by atoms with van der Waals surface area (Å²) in [5.41, 5.74) is 1.28. The van der Waals surface area contributed by atoms with E-state index in [1.54, 1.807) is 0 Å². The number of nitrogens with zero attached hydrogens (tertiary/aromatic N) is 2. The number of hydrogen-bond acceptors (Lipinski definition) is 3. The van der Waals surface area contributed by atoms with Crippen LogP contribution >= 0.6 is 0 Å². The Morgan fingerprint density at radius 2 is 1.85 bits per heavy atom. The van der Waals surface area contributed by atoms with Crippen molar-refractivity contribution in [3.05, 3.63) is 30.3 Å². The normalized spacial score (nSPS) is 21.7. The van der Waals surface area contributed by atoms with Crippen LogP contribution in [0.1, 0.15) is 32.6 Å². The predicted molar refractivity (Wildman–Crippen MR) is 108 cm³/mol. The van der Waals surface area contributed by atoms with Gasteiger partial charge in [0.25, 0.3) is 0 Å². The first-order chi connectivity index (χ1) is 12.7. The Morgan fingerprint density at radius 3 is 2.62 bits per heavy atom. The van der Waals surface area contributed by atoms with Crippen molar-refractivity contribution in [3.63, 3.8) is 0 Å². The first-order valence-corrected chi connectivity index (χ1v) is 10.2. The summed E-state index contributed by atoms with van der Waals surface area (Å²) in [5.74, 6) is 1.42. The number of para-hydroxylation sites is 1. The molecule has 26 heavy (non-hydrogen) atoms. The van der Waals surface area contributed by atoms with Crippen molar-refractivity contribution in [1.29, 1.82) is 0 Å². The molecule has 0 spiro atoms. The van der Waals surface area contributed by atoms with Crippen molar-refractivity contribution in [2.45, 2.75) is 32.6 Å². The number of piperidine rings is 1. The first kappa shape index (κ1) is 19.0. The predicted octanol–water partition coefficient (Wildman–Crippen LogP) is 2.93. The number of hydrogen-bond donors (Lipinski definition) is 2. The maximum absolute atomic E-state index is 12.0. The summed E-state index contributed by atoms with van der Waals surface area (Å²) in [5, 5.41) is 6.06. The molecular weight excluding hydrogens is 324 g/mol. The Bertz CT molecular complexity index is 542. The molecule has 2 N–H and O–H groups in total. The third kappa shape index (κ3) is 5.90. The van der Waals surface area contributed by atoms with Gasteiger partial charge in [-0.1, -0.05) is 25.1 Å². The molecule has 2 fully saturated rings. The highest BCUT2D eigenvalue weighted by molar-refractivity contribution is 5.73. The molecule has 1 aromatic rings. The Hall–Kier alpha value is -1.75. The molecule has 3 rings (SSSR count). The second-order valence-electron chi connectivity index (χ2n) is 7.95. The molecule has 2 aliphatic rings. The Labute approximate surface area is 158 Å². The summed E-state index contributed by atoms with van der Waals surface area (Å²) in [6.07, 6.45) is 4.81. The van der Waals surface area contributed by atoms with E-state index >= 15 is 0 Å². The fraction of sp³-hybridized carbons (Fsp3) is 0.667. The number of nitrogens with one attached hydrogen (secondary N) is 2. The number of benzene rings is 1. The molecule has 0 radical (unpaired) electrons. The SMILES string of the molecule is CC1CCN(CCCNC(=O)NC[C@H]2CCN(c3ccccc3)C2)CC1. The molecular formula is C21H34N4O. The summed E-state index contributed by atoms with van der Waals surface area (Å²) in [4.78, 5) is 16.9. The van der Waals surface area contributed by atoms with Gasteiger partial charge in [0.15, 0.2) is 0 Å². The average Bonchev–Trinajstić information content (AvgIpc) is 3.15. The number of likely N-dealkylation sites (tertiary alicyclic amines) is 1. The Balaban J connectivity index is 1.24. The third-order valence-corrected chi connectivity index (χ3v) is 5.77.